The van der Waals surface area contributed by atoms with Crippen molar-refractivity contribution in [2.24, 2.45) is 0 Å². The van der Waals surface area contributed by atoms with E-state index in [1.165, 1.54) is 0 Å². The molecule has 1 aliphatic rings. The Balaban J connectivity index is 2.04. The van der Waals surface area contributed by atoms with Crippen LogP contribution in [0.1, 0.15) is 32.0 Å². The third kappa shape index (κ3) is 3.26. The van der Waals surface area contributed by atoms with Gasteiger partial charge in [-0.15, -0.1) is 0 Å². The number of ether oxygens (including phenoxy) is 1. The van der Waals surface area contributed by atoms with Gasteiger partial charge in [0, 0.05) is 24.2 Å². The van der Waals surface area contributed by atoms with Crippen LogP contribution in [0.15, 0.2) is 6.20 Å². The van der Waals surface area contributed by atoms with Crippen LogP contribution in [-0.2, 0) is 24.2 Å². The van der Waals surface area contributed by atoms with Crippen molar-refractivity contribution in [3.8, 4) is 0 Å². The summed E-state index contributed by atoms with van der Waals surface area (Å²) in [5.74, 6) is 0. The van der Waals surface area contributed by atoms with Crippen LogP contribution < -0.4 is 0 Å². The van der Waals surface area contributed by atoms with Crippen LogP contribution in [0, 0.1) is 0 Å². The van der Waals surface area contributed by atoms with Gasteiger partial charge in [-0.3, -0.25) is 4.68 Å². The van der Waals surface area contributed by atoms with E-state index in [0.717, 1.165) is 17.7 Å². The number of nitrogens with zero attached hydrogens (tertiary/aromatic N) is 3. The Bertz CT molecular complexity index is 462. The van der Waals surface area contributed by atoms with E-state index in [4.69, 9.17) is 9.84 Å². The van der Waals surface area contributed by atoms with Crippen LogP contribution in [0.25, 0.3) is 0 Å². The molecule has 1 aliphatic heterocycles. The first kappa shape index (κ1) is 13.9. The average molecular weight is 267 g/mol. The van der Waals surface area contributed by atoms with Gasteiger partial charge >= 0.3 is 6.09 Å². The van der Waals surface area contributed by atoms with E-state index in [1.807, 2.05) is 25.5 Å². The maximum absolute atomic E-state index is 12.0. The SMILES string of the molecule is CC(C)(C)OC(=O)N1CCc2c(cnn2CCO)C1. The molecule has 0 unspecified atom stereocenters. The second-order valence-electron chi connectivity index (χ2n) is 5.72. The minimum atomic E-state index is -0.474. The largest absolute Gasteiger partial charge is 0.444 e. The number of aliphatic hydroxyl groups is 1. The number of rotatable bonds is 2. The third-order valence-corrected chi connectivity index (χ3v) is 2.98. The second kappa shape index (κ2) is 5.21. The molecule has 2 heterocycles. The monoisotopic (exact) mass is 267 g/mol. The molecule has 19 heavy (non-hydrogen) atoms. The molecule has 0 bridgehead atoms. The average Bonchev–Trinajstić information content (AvgIpc) is 2.70. The van der Waals surface area contributed by atoms with Gasteiger partial charge in [-0.25, -0.2) is 4.79 Å². The van der Waals surface area contributed by atoms with Gasteiger partial charge in [-0.2, -0.15) is 5.10 Å². The number of hydrogen-bond donors (Lipinski definition) is 1. The topological polar surface area (TPSA) is 67.6 Å². The fourth-order valence-corrected chi connectivity index (χ4v) is 2.17. The van der Waals surface area contributed by atoms with Gasteiger partial charge in [0.2, 0.25) is 0 Å². The van der Waals surface area contributed by atoms with E-state index in [1.54, 1.807) is 11.1 Å². The highest BCUT2D eigenvalue weighted by Crippen LogP contribution is 2.20. The van der Waals surface area contributed by atoms with Crippen molar-refractivity contribution in [2.45, 2.75) is 45.9 Å². The van der Waals surface area contributed by atoms with Crippen molar-refractivity contribution in [3.05, 3.63) is 17.5 Å². The zero-order chi connectivity index (χ0) is 14.0. The molecule has 0 aromatic carbocycles. The van der Waals surface area contributed by atoms with E-state index in [9.17, 15) is 4.79 Å². The van der Waals surface area contributed by atoms with Crippen LogP contribution in [-0.4, -0.2) is 44.6 Å². The van der Waals surface area contributed by atoms with E-state index in [0.29, 0.717) is 19.6 Å². The fourth-order valence-electron chi connectivity index (χ4n) is 2.17. The van der Waals surface area contributed by atoms with E-state index >= 15 is 0 Å². The highest BCUT2D eigenvalue weighted by Gasteiger charge is 2.27. The Kier molecular flexibility index (Phi) is 3.80. The molecule has 0 aliphatic carbocycles. The van der Waals surface area contributed by atoms with Gasteiger partial charge in [-0.1, -0.05) is 0 Å². The number of aromatic nitrogens is 2. The Labute approximate surface area is 113 Å². The Morgan fingerprint density at radius 3 is 2.89 bits per heavy atom. The molecule has 0 saturated heterocycles. The minimum absolute atomic E-state index is 0.0733. The molecule has 0 fully saturated rings. The molecule has 1 N–H and O–H groups in total. The summed E-state index contributed by atoms with van der Waals surface area (Å²) in [6.07, 6.45) is 2.23. The molecule has 6 nitrogen and oxygen atoms in total. The highest BCUT2D eigenvalue weighted by atomic mass is 16.6. The number of aliphatic hydroxyl groups excluding tert-OH is 1. The summed E-state index contributed by atoms with van der Waals surface area (Å²) < 4.78 is 7.17. The number of fused-ring (bicyclic) bond motifs is 1. The maximum Gasteiger partial charge on any atom is 0.410 e. The Hall–Kier alpha value is -1.56. The highest BCUT2D eigenvalue weighted by molar-refractivity contribution is 5.68. The lowest BCUT2D eigenvalue weighted by atomic mass is 10.1. The van der Waals surface area contributed by atoms with E-state index in [-0.39, 0.29) is 12.7 Å². The van der Waals surface area contributed by atoms with Crippen LogP contribution >= 0.6 is 0 Å². The predicted octanol–water partition coefficient (Wildman–Crippen LogP) is 1.17. The quantitative estimate of drug-likeness (QED) is 0.873. The molecule has 1 aromatic rings. The third-order valence-electron chi connectivity index (χ3n) is 2.98. The lowest BCUT2D eigenvalue weighted by Gasteiger charge is -2.30. The van der Waals surface area contributed by atoms with Crippen molar-refractivity contribution >= 4 is 6.09 Å². The standard InChI is InChI=1S/C13H21N3O3/c1-13(2,3)19-12(18)15-5-4-11-10(9-15)8-14-16(11)6-7-17/h8,17H,4-7,9H2,1-3H3. The minimum Gasteiger partial charge on any atom is -0.444 e. The summed E-state index contributed by atoms with van der Waals surface area (Å²) in [4.78, 5) is 13.7. The van der Waals surface area contributed by atoms with Gasteiger partial charge in [0.15, 0.2) is 0 Å². The first-order valence-corrected chi connectivity index (χ1v) is 6.53. The lowest BCUT2D eigenvalue weighted by molar-refractivity contribution is 0.0222. The summed E-state index contributed by atoms with van der Waals surface area (Å²) in [6, 6.07) is 0. The predicted molar refractivity (Wildman–Crippen MR) is 69.7 cm³/mol. The van der Waals surface area contributed by atoms with Gasteiger partial charge in [0.1, 0.15) is 5.60 Å². The molecule has 106 valence electrons. The van der Waals surface area contributed by atoms with Crippen LogP contribution in [0.5, 0.6) is 0 Å². The molecule has 6 heteroatoms. The van der Waals surface area contributed by atoms with Gasteiger partial charge in [0.25, 0.3) is 0 Å². The molecule has 1 aromatic heterocycles. The smallest absolute Gasteiger partial charge is 0.410 e. The molecule has 1 amide bonds. The van der Waals surface area contributed by atoms with Crippen LogP contribution in [0.4, 0.5) is 4.79 Å². The number of hydrogen-bond acceptors (Lipinski definition) is 4. The van der Waals surface area contributed by atoms with Gasteiger partial charge in [0.05, 0.1) is 25.9 Å². The van der Waals surface area contributed by atoms with Crippen LogP contribution in [0.2, 0.25) is 0 Å². The van der Waals surface area contributed by atoms with Gasteiger partial charge < -0.3 is 14.7 Å². The van der Waals surface area contributed by atoms with Crippen molar-refractivity contribution in [3.63, 3.8) is 0 Å². The Morgan fingerprint density at radius 2 is 2.26 bits per heavy atom. The summed E-state index contributed by atoms with van der Waals surface area (Å²) in [7, 11) is 0. The summed E-state index contributed by atoms with van der Waals surface area (Å²) in [5.41, 5.74) is 1.66. The van der Waals surface area contributed by atoms with Crippen molar-refractivity contribution in [1.29, 1.82) is 0 Å². The second-order valence-corrected chi connectivity index (χ2v) is 5.72. The molecule has 0 radical (unpaired) electrons. The van der Waals surface area contributed by atoms with Gasteiger partial charge in [-0.05, 0) is 20.8 Å². The first-order chi connectivity index (χ1) is 8.90. The Morgan fingerprint density at radius 1 is 1.53 bits per heavy atom. The zero-order valence-electron chi connectivity index (χ0n) is 11.7. The first-order valence-electron chi connectivity index (χ1n) is 6.53. The molecule has 2 rings (SSSR count). The number of carbonyl (C=O) groups is 1. The summed E-state index contributed by atoms with van der Waals surface area (Å²) >= 11 is 0. The normalized spacial score (nSPS) is 15.3. The lowest BCUT2D eigenvalue weighted by Crippen LogP contribution is -2.40. The van der Waals surface area contributed by atoms with Crippen molar-refractivity contribution < 1.29 is 14.6 Å². The molecular weight excluding hydrogens is 246 g/mol. The van der Waals surface area contributed by atoms with Crippen molar-refractivity contribution in [1.82, 2.24) is 14.7 Å². The fraction of sp³-hybridized carbons (Fsp3) is 0.692. The molecule has 0 spiro atoms. The van der Waals surface area contributed by atoms with E-state index in [2.05, 4.69) is 5.10 Å². The van der Waals surface area contributed by atoms with Crippen molar-refractivity contribution in [2.75, 3.05) is 13.2 Å². The summed E-state index contributed by atoms with van der Waals surface area (Å²) in [5, 5.41) is 13.2. The number of carbonyl (C=O) groups excluding carboxylic acids is 1. The zero-order valence-corrected chi connectivity index (χ0v) is 11.7. The number of amides is 1. The maximum atomic E-state index is 12.0. The molecular formula is C13H21N3O3. The van der Waals surface area contributed by atoms with E-state index < -0.39 is 5.60 Å². The summed E-state index contributed by atoms with van der Waals surface area (Å²) in [6.45, 7) is 7.30. The van der Waals surface area contributed by atoms with Crippen LogP contribution in [0.3, 0.4) is 0 Å². The molecule has 0 saturated carbocycles. The molecule has 0 atom stereocenters.